The third-order valence-corrected chi connectivity index (χ3v) is 1.49. The van der Waals surface area contributed by atoms with Gasteiger partial charge in [0.25, 0.3) is 0 Å². The highest BCUT2D eigenvalue weighted by atomic mass is 32.1. The standard InChI is InChI=1S/C5H10O2S.C4H4O4/c1-2-3-4(6)5(7)8;5-3(6)1-2-4(7)8/h4,6H,2-3H2,1H3,(H,7,8);1-2H,(H,5,6)(H,7,8)/b;2-1+. The summed E-state index contributed by atoms with van der Waals surface area (Å²) in [4.78, 5) is 19.1. The van der Waals surface area contributed by atoms with Gasteiger partial charge >= 0.3 is 11.9 Å². The van der Waals surface area contributed by atoms with E-state index >= 15 is 0 Å². The topological polar surface area (TPSA) is 115 Å². The normalized spacial score (nSPS) is 11.4. The Morgan fingerprint density at radius 1 is 1.19 bits per heavy atom. The van der Waals surface area contributed by atoms with E-state index in [1.165, 1.54) is 0 Å². The third-order valence-electron chi connectivity index (χ3n) is 1.22. The minimum Gasteiger partial charge on any atom is -0.500 e. The summed E-state index contributed by atoms with van der Waals surface area (Å²) >= 11 is 4.29. The second-order valence-electron chi connectivity index (χ2n) is 2.65. The van der Waals surface area contributed by atoms with Gasteiger partial charge in [-0.3, -0.25) is 0 Å². The van der Waals surface area contributed by atoms with Gasteiger partial charge in [-0.05, 0) is 18.6 Å². The molecule has 0 aromatic rings. The first-order valence-electron chi connectivity index (χ1n) is 4.36. The molecule has 1 unspecified atom stereocenters. The molecule has 16 heavy (non-hydrogen) atoms. The van der Waals surface area contributed by atoms with E-state index in [9.17, 15) is 9.59 Å². The summed E-state index contributed by atoms with van der Waals surface area (Å²) < 4.78 is 0. The molecule has 0 aliphatic heterocycles. The van der Waals surface area contributed by atoms with Crippen LogP contribution in [0.2, 0.25) is 0 Å². The lowest BCUT2D eigenvalue weighted by Gasteiger charge is -2.02. The van der Waals surface area contributed by atoms with E-state index in [0.717, 1.165) is 6.42 Å². The highest BCUT2D eigenvalue weighted by Gasteiger charge is 2.05. The molecule has 0 aromatic carbocycles. The Hall–Kier alpha value is -1.47. The van der Waals surface area contributed by atoms with Crippen LogP contribution < -0.4 is 0 Å². The van der Waals surface area contributed by atoms with Crippen molar-refractivity contribution < 1.29 is 30.0 Å². The van der Waals surface area contributed by atoms with Crippen molar-refractivity contribution in [3.05, 3.63) is 12.2 Å². The fourth-order valence-electron chi connectivity index (χ4n) is 0.539. The molecule has 0 aliphatic carbocycles. The maximum Gasteiger partial charge on any atom is 0.328 e. The second kappa shape index (κ2) is 10.1. The van der Waals surface area contributed by atoms with Crippen molar-refractivity contribution in [2.24, 2.45) is 0 Å². The van der Waals surface area contributed by atoms with Crippen molar-refractivity contribution in [1.82, 2.24) is 0 Å². The molecule has 0 amide bonds. The van der Waals surface area contributed by atoms with Crippen molar-refractivity contribution >= 4 is 29.2 Å². The zero-order chi connectivity index (χ0) is 13.1. The first-order valence-corrected chi connectivity index (χ1v) is 4.76. The molecular weight excluding hydrogens is 236 g/mol. The number of carboxylic acids is 2. The number of rotatable bonds is 5. The van der Waals surface area contributed by atoms with E-state index in [0.29, 0.717) is 18.6 Å². The van der Waals surface area contributed by atoms with Crippen LogP contribution in [0.5, 0.6) is 0 Å². The van der Waals surface area contributed by atoms with Crippen LogP contribution in [0.4, 0.5) is 0 Å². The highest BCUT2D eigenvalue weighted by Crippen LogP contribution is 1.95. The Kier molecular flexibility index (Phi) is 10.7. The fraction of sp³-hybridized carbons (Fsp3) is 0.444. The molecule has 0 rings (SSSR count). The van der Waals surface area contributed by atoms with Gasteiger partial charge in [-0.25, -0.2) is 9.59 Å². The van der Waals surface area contributed by atoms with E-state index in [2.05, 4.69) is 12.2 Å². The summed E-state index contributed by atoms with van der Waals surface area (Å²) in [6, 6.07) is 0. The van der Waals surface area contributed by atoms with Crippen LogP contribution in [0.25, 0.3) is 0 Å². The van der Waals surface area contributed by atoms with Gasteiger partial charge in [0.15, 0.2) is 5.05 Å². The smallest absolute Gasteiger partial charge is 0.328 e. The zero-order valence-corrected chi connectivity index (χ0v) is 9.48. The van der Waals surface area contributed by atoms with Gasteiger partial charge in [0, 0.05) is 12.2 Å². The lowest BCUT2D eigenvalue weighted by atomic mass is 10.2. The molecule has 4 N–H and O–H groups in total. The van der Waals surface area contributed by atoms with Gasteiger partial charge in [-0.15, -0.1) is 0 Å². The molecule has 0 aromatic heterocycles. The molecule has 7 heteroatoms. The van der Waals surface area contributed by atoms with E-state index in [1.807, 2.05) is 6.92 Å². The minimum atomic E-state index is -1.26. The van der Waals surface area contributed by atoms with Crippen molar-refractivity contribution in [3.63, 3.8) is 0 Å². The maximum atomic E-state index is 9.55. The Morgan fingerprint density at radius 2 is 1.56 bits per heavy atom. The van der Waals surface area contributed by atoms with E-state index in [4.69, 9.17) is 20.4 Å². The second-order valence-corrected chi connectivity index (χ2v) is 3.07. The Balaban J connectivity index is 0. The zero-order valence-electron chi connectivity index (χ0n) is 8.66. The van der Waals surface area contributed by atoms with Crippen molar-refractivity contribution in [2.45, 2.75) is 25.9 Å². The molecule has 0 spiro atoms. The molecule has 92 valence electrons. The molecular formula is C9H14O6S. The summed E-state index contributed by atoms with van der Waals surface area (Å²) in [5.41, 5.74) is 0. The first kappa shape index (κ1) is 16.9. The summed E-state index contributed by atoms with van der Waals surface area (Å²) in [7, 11) is 0. The lowest BCUT2D eigenvalue weighted by Crippen LogP contribution is -2.16. The number of aliphatic hydroxyl groups excluding tert-OH is 2. The summed E-state index contributed by atoms with van der Waals surface area (Å²) in [5.74, 6) is -2.51. The Labute approximate surface area is 97.8 Å². The van der Waals surface area contributed by atoms with Gasteiger partial charge in [0.1, 0.15) is 6.10 Å². The third kappa shape index (κ3) is 15.0. The van der Waals surface area contributed by atoms with Crippen LogP contribution in [-0.4, -0.2) is 43.5 Å². The van der Waals surface area contributed by atoms with Gasteiger partial charge in [-0.1, -0.05) is 13.3 Å². The summed E-state index contributed by atoms with van der Waals surface area (Å²) in [6.45, 7) is 1.92. The summed E-state index contributed by atoms with van der Waals surface area (Å²) in [5, 5.41) is 32.5. The van der Waals surface area contributed by atoms with Crippen LogP contribution in [0.15, 0.2) is 12.2 Å². The molecule has 0 saturated carbocycles. The average molecular weight is 250 g/mol. The predicted molar refractivity (Wildman–Crippen MR) is 60.6 cm³/mol. The first-order chi connectivity index (χ1) is 7.31. The number of thiocarbonyl (C=S) groups is 1. The SMILES string of the molecule is CCCC(O)C(O)=S.O=C(O)/C=C/C(=O)O. The van der Waals surface area contributed by atoms with Crippen LogP contribution in [0.3, 0.4) is 0 Å². The Morgan fingerprint density at radius 3 is 1.69 bits per heavy atom. The molecule has 0 radical (unpaired) electrons. The van der Waals surface area contributed by atoms with Gasteiger partial charge in [0.05, 0.1) is 0 Å². The molecule has 0 bridgehead atoms. The lowest BCUT2D eigenvalue weighted by molar-refractivity contribution is -0.134. The molecule has 1 atom stereocenters. The van der Waals surface area contributed by atoms with Gasteiger partial charge in [0.2, 0.25) is 0 Å². The van der Waals surface area contributed by atoms with Crippen LogP contribution in [0, 0.1) is 0 Å². The molecule has 0 fully saturated rings. The number of hydrogen-bond acceptors (Lipinski definition) is 4. The molecule has 0 aliphatic rings. The minimum absolute atomic E-state index is 0.299. The fourth-order valence-corrected chi connectivity index (χ4v) is 0.657. The molecule has 0 saturated heterocycles. The largest absolute Gasteiger partial charge is 0.500 e. The Bertz CT molecular complexity index is 257. The molecule has 6 nitrogen and oxygen atoms in total. The van der Waals surface area contributed by atoms with Gasteiger partial charge < -0.3 is 20.4 Å². The van der Waals surface area contributed by atoms with Crippen LogP contribution in [-0.2, 0) is 9.59 Å². The maximum absolute atomic E-state index is 9.55. The number of carbonyl (C=O) groups is 2. The van der Waals surface area contributed by atoms with E-state index < -0.39 is 18.0 Å². The monoisotopic (exact) mass is 250 g/mol. The number of aliphatic carboxylic acids is 2. The predicted octanol–water partition coefficient (Wildman–Crippen LogP) is 0.745. The van der Waals surface area contributed by atoms with Crippen LogP contribution in [0.1, 0.15) is 19.8 Å². The molecule has 0 heterocycles. The van der Waals surface area contributed by atoms with Crippen molar-refractivity contribution in [2.75, 3.05) is 0 Å². The van der Waals surface area contributed by atoms with E-state index in [1.54, 1.807) is 0 Å². The van der Waals surface area contributed by atoms with Crippen molar-refractivity contribution in [3.8, 4) is 0 Å². The van der Waals surface area contributed by atoms with Gasteiger partial charge in [-0.2, -0.15) is 0 Å². The average Bonchev–Trinajstić information content (AvgIpc) is 2.16. The quantitative estimate of drug-likeness (QED) is 0.420. The van der Waals surface area contributed by atoms with E-state index in [-0.39, 0.29) is 5.05 Å². The van der Waals surface area contributed by atoms with Crippen LogP contribution >= 0.6 is 12.2 Å². The van der Waals surface area contributed by atoms with Crippen molar-refractivity contribution in [1.29, 1.82) is 0 Å². The number of hydrogen-bond donors (Lipinski definition) is 4. The highest BCUT2D eigenvalue weighted by molar-refractivity contribution is 7.80. The number of carboxylic acid groups (broad SMARTS) is 2. The number of aliphatic hydroxyl groups is 2. The summed E-state index contributed by atoms with van der Waals surface area (Å²) in [6.07, 6.45) is 1.71.